The Morgan fingerprint density at radius 3 is 2.32 bits per heavy atom. The van der Waals surface area contributed by atoms with Crippen LogP contribution in [0.4, 0.5) is 0 Å². The number of carbonyl (C=O) groups is 2. The normalized spacial score (nSPS) is 41.0. The van der Waals surface area contributed by atoms with Crippen LogP contribution >= 0.6 is 0 Å². The number of hydrogen-bond acceptors (Lipinski definition) is 4. The van der Waals surface area contributed by atoms with Crippen molar-refractivity contribution in [1.82, 2.24) is 9.80 Å². The smallest absolute Gasteiger partial charge is 0.302 e. The van der Waals surface area contributed by atoms with E-state index in [2.05, 4.69) is 39.8 Å². The molecule has 0 aromatic heterocycles. The minimum atomic E-state index is -0.126. The third kappa shape index (κ3) is 4.41. The summed E-state index contributed by atoms with van der Waals surface area (Å²) in [6.07, 6.45) is 9.35. The molecule has 10 unspecified atom stereocenters. The van der Waals surface area contributed by atoms with E-state index in [1.165, 1.54) is 25.7 Å². The summed E-state index contributed by atoms with van der Waals surface area (Å²) in [5.41, 5.74) is 1.07. The fraction of sp³-hybridized carbons (Fsp3) is 0.758. The molecule has 38 heavy (non-hydrogen) atoms. The predicted octanol–water partition coefficient (Wildman–Crippen LogP) is 6.28. The van der Waals surface area contributed by atoms with E-state index >= 15 is 0 Å². The first kappa shape index (κ1) is 27.7. The Hall–Kier alpha value is -1.88. The van der Waals surface area contributed by atoms with Gasteiger partial charge in [0.1, 0.15) is 6.10 Å². The van der Waals surface area contributed by atoms with Gasteiger partial charge in [-0.05, 0) is 120 Å². The van der Waals surface area contributed by atoms with Gasteiger partial charge in [-0.15, -0.1) is 0 Å². The summed E-state index contributed by atoms with van der Waals surface area (Å²) in [5, 5.41) is 0. The summed E-state index contributed by atoms with van der Waals surface area (Å²) in [7, 11) is 6.39. The van der Waals surface area contributed by atoms with Gasteiger partial charge in [-0.1, -0.05) is 32.0 Å². The van der Waals surface area contributed by atoms with Crippen molar-refractivity contribution in [2.24, 2.45) is 40.4 Å². The lowest BCUT2D eigenvalue weighted by molar-refractivity contribution is -0.194. The summed E-state index contributed by atoms with van der Waals surface area (Å²) in [6.45, 7) is 8.97. The molecule has 0 N–H and O–H groups in total. The van der Waals surface area contributed by atoms with Gasteiger partial charge in [0.25, 0.3) is 5.91 Å². The van der Waals surface area contributed by atoms with Crippen LogP contribution in [0.3, 0.4) is 0 Å². The van der Waals surface area contributed by atoms with Crippen LogP contribution in [0.25, 0.3) is 0 Å². The van der Waals surface area contributed by atoms with Gasteiger partial charge < -0.3 is 14.5 Å². The third-order valence-corrected chi connectivity index (χ3v) is 12.4. The molecule has 5 rings (SSSR count). The standard InChI is InChI=1S/C33H50N2O3/c1-21(34(5)6)27-15-16-28-26-14-13-24-19-25(35(7)31(37)23-11-9-8-10-12-23)17-18-32(24,3)29(26)20-30(33(27,28)4)38-22(2)36/h8-12,21,24-30H,13-20H2,1-7H3. The Balaban J connectivity index is 1.38. The largest absolute Gasteiger partial charge is 0.462 e. The molecule has 4 aliphatic rings. The lowest BCUT2D eigenvalue weighted by atomic mass is 9.43. The minimum absolute atomic E-state index is 0.00298. The second-order valence-corrected chi connectivity index (χ2v) is 14.0. The lowest BCUT2D eigenvalue weighted by Gasteiger charge is -2.63. The molecule has 0 spiro atoms. The van der Waals surface area contributed by atoms with Crippen molar-refractivity contribution in [3.05, 3.63) is 35.9 Å². The van der Waals surface area contributed by atoms with Crippen LogP contribution in [0.2, 0.25) is 0 Å². The molecule has 0 radical (unpaired) electrons. The molecular weight excluding hydrogens is 472 g/mol. The summed E-state index contributed by atoms with van der Waals surface area (Å²) >= 11 is 0. The van der Waals surface area contributed by atoms with Gasteiger partial charge in [-0.3, -0.25) is 9.59 Å². The van der Waals surface area contributed by atoms with Crippen LogP contribution in [-0.4, -0.2) is 61.0 Å². The van der Waals surface area contributed by atoms with Gasteiger partial charge in [0, 0.05) is 37.0 Å². The second-order valence-electron chi connectivity index (χ2n) is 14.0. The van der Waals surface area contributed by atoms with Crippen LogP contribution in [0.1, 0.15) is 89.4 Å². The number of nitrogens with zero attached hydrogens (tertiary/aromatic N) is 2. The molecule has 0 saturated heterocycles. The molecule has 1 aromatic carbocycles. The highest BCUT2D eigenvalue weighted by molar-refractivity contribution is 5.94. The van der Waals surface area contributed by atoms with Gasteiger partial charge in [-0.25, -0.2) is 0 Å². The maximum atomic E-state index is 13.2. The fourth-order valence-corrected chi connectivity index (χ4v) is 10.0. The highest BCUT2D eigenvalue weighted by Gasteiger charge is 2.65. The number of esters is 1. The molecule has 4 fully saturated rings. The molecule has 10 atom stereocenters. The number of fused-ring (bicyclic) bond motifs is 5. The van der Waals surface area contributed by atoms with E-state index in [4.69, 9.17) is 4.74 Å². The number of rotatable bonds is 5. The summed E-state index contributed by atoms with van der Waals surface area (Å²) < 4.78 is 6.27. The van der Waals surface area contributed by atoms with Crippen LogP contribution in [0.5, 0.6) is 0 Å². The van der Waals surface area contributed by atoms with Crippen LogP contribution in [0.15, 0.2) is 30.3 Å². The van der Waals surface area contributed by atoms with E-state index in [0.29, 0.717) is 41.7 Å². The maximum absolute atomic E-state index is 13.2. The monoisotopic (exact) mass is 522 g/mol. The van der Waals surface area contributed by atoms with E-state index in [-0.39, 0.29) is 28.8 Å². The van der Waals surface area contributed by atoms with E-state index < -0.39 is 0 Å². The highest BCUT2D eigenvalue weighted by Crippen LogP contribution is 2.68. The maximum Gasteiger partial charge on any atom is 0.302 e. The topological polar surface area (TPSA) is 49.9 Å². The molecule has 1 amide bonds. The Morgan fingerprint density at radius 1 is 0.947 bits per heavy atom. The molecular formula is C33H50N2O3. The van der Waals surface area contributed by atoms with E-state index in [0.717, 1.165) is 31.2 Å². The van der Waals surface area contributed by atoms with Crippen LogP contribution < -0.4 is 0 Å². The Bertz CT molecular complexity index is 1030. The van der Waals surface area contributed by atoms with Gasteiger partial charge in [0.15, 0.2) is 0 Å². The molecule has 5 nitrogen and oxygen atoms in total. The first-order valence-corrected chi connectivity index (χ1v) is 15.1. The van der Waals surface area contributed by atoms with Crippen molar-refractivity contribution in [1.29, 1.82) is 0 Å². The molecule has 0 bridgehead atoms. The molecule has 1 aromatic rings. The molecule has 4 saturated carbocycles. The number of ether oxygens (including phenoxy) is 1. The zero-order chi connectivity index (χ0) is 27.4. The summed E-state index contributed by atoms with van der Waals surface area (Å²) in [4.78, 5) is 30.0. The van der Waals surface area contributed by atoms with Gasteiger partial charge in [0.2, 0.25) is 0 Å². The van der Waals surface area contributed by atoms with E-state index in [1.807, 2.05) is 42.3 Å². The second kappa shape index (κ2) is 10.3. The third-order valence-electron chi connectivity index (χ3n) is 12.4. The van der Waals surface area contributed by atoms with Crippen molar-refractivity contribution in [2.75, 3.05) is 21.1 Å². The first-order chi connectivity index (χ1) is 18.0. The minimum Gasteiger partial charge on any atom is -0.462 e. The zero-order valence-corrected chi connectivity index (χ0v) is 24.8. The summed E-state index contributed by atoms with van der Waals surface area (Å²) in [6, 6.07) is 10.5. The summed E-state index contributed by atoms with van der Waals surface area (Å²) in [5.74, 6) is 3.11. The first-order valence-electron chi connectivity index (χ1n) is 15.1. The molecule has 0 aliphatic heterocycles. The van der Waals surface area contributed by atoms with Crippen molar-refractivity contribution < 1.29 is 14.3 Å². The fourth-order valence-electron chi connectivity index (χ4n) is 10.0. The van der Waals surface area contributed by atoms with Crippen LogP contribution in [-0.2, 0) is 9.53 Å². The average Bonchev–Trinajstić information content (AvgIpc) is 3.25. The van der Waals surface area contributed by atoms with Crippen molar-refractivity contribution in [2.45, 2.75) is 97.2 Å². The Labute approximate surface area is 230 Å². The highest BCUT2D eigenvalue weighted by atomic mass is 16.5. The van der Waals surface area contributed by atoms with Gasteiger partial charge in [-0.2, -0.15) is 0 Å². The zero-order valence-electron chi connectivity index (χ0n) is 24.8. The average molecular weight is 523 g/mol. The van der Waals surface area contributed by atoms with Crippen molar-refractivity contribution in [3.8, 4) is 0 Å². The van der Waals surface area contributed by atoms with Gasteiger partial charge >= 0.3 is 5.97 Å². The number of carbonyl (C=O) groups excluding carboxylic acids is 2. The lowest BCUT2D eigenvalue weighted by Crippen LogP contribution is -2.61. The predicted molar refractivity (Wildman–Crippen MR) is 152 cm³/mol. The SMILES string of the molecule is CC(=O)OC1CC2C(CCC3CC(N(C)C(=O)c4ccccc4)CCC32C)C2CCC(C(C)N(C)C)C12C. The van der Waals surface area contributed by atoms with E-state index in [1.54, 1.807) is 6.92 Å². The van der Waals surface area contributed by atoms with Crippen molar-refractivity contribution >= 4 is 11.9 Å². The molecule has 0 heterocycles. The molecule has 5 heteroatoms. The number of amides is 1. The number of benzene rings is 1. The Kier molecular flexibility index (Phi) is 7.47. The number of hydrogen-bond donors (Lipinski definition) is 0. The Morgan fingerprint density at radius 2 is 1.66 bits per heavy atom. The molecule has 210 valence electrons. The molecule has 4 aliphatic carbocycles. The van der Waals surface area contributed by atoms with Gasteiger partial charge in [0.05, 0.1) is 0 Å². The van der Waals surface area contributed by atoms with Crippen molar-refractivity contribution in [3.63, 3.8) is 0 Å². The van der Waals surface area contributed by atoms with Crippen LogP contribution in [0, 0.1) is 40.4 Å². The quantitative estimate of drug-likeness (QED) is 0.427. The van der Waals surface area contributed by atoms with E-state index in [9.17, 15) is 9.59 Å².